The normalized spacial score (nSPS) is 16.0. The summed E-state index contributed by atoms with van der Waals surface area (Å²) in [6.07, 6.45) is 11.3. The molecule has 8 nitrogen and oxygen atoms in total. The lowest BCUT2D eigenvalue weighted by molar-refractivity contribution is -0.116. The molecule has 0 fully saturated rings. The number of hydrogen-bond acceptors (Lipinski definition) is 5. The van der Waals surface area contributed by atoms with Gasteiger partial charge in [-0.3, -0.25) is 14.7 Å². The standard InChI is InChI=1S/C30H30FN5O3S/c31-25-5-3-23(4-6-25)29-17-24(28-19-34-18-27(28)22-9-13-33-14-10-22)12-16-36(29)15-11-21-1-7-26(8-2-21)40(38,39)35-20-30(32)37/h1-10,12-14,18-19,29,34-35H,11,15-17,20H2,(H2,32,37). The van der Waals surface area contributed by atoms with Crippen LogP contribution in [0.4, 0.5) is 4.39 Å². The second kappa shape index (κ2) is 12.0. The van der Waals surface area contributed by atoms with Crippen LogP contribution in [0.2, 0.25) is 0 Å². The van der Waals surface area contributed by atoms with Gasteiger partial charge in [0, 0.05) is 55.0 Å². The van der Waals surface area contributed by atoms with Gasteiger partial charge in [0.1, 0.15) is 5.82 Å². The van der Waals surface area contributed by atoms with Gasteiger partial charge in [0.2, 0.25) is 15.9 Å². The van der Waals surface area contributed by atoms with E-state index in [0.717, 1.165) is 40.8 Å². The third-order valence-electron chi connectivity index (χ3n) is 7.12. The van der Waals surface area contributed by atoms with Crippen LogP contribution in [0.25, 0.3) is 16.7 Å². The van der Waals surface area contributed by atoms with Gasteiger partial charge in [-0.1, -0.05) is 30.3 Å². The summed E-state index contributed by atoms with van der Waals surface area (Å²) >= 11 is 0. The van der Waals surface area contributed by atoms with Crippen molar-refractivity contribution in [3.05, 3.63) is 114 Å². The van der Waals surface area contributed by atoms with Crippen LogP contribution >= 0.6 is 0 Å². The summed E-state index contributed by atoms with van der Waals surface area (Å²) in [6.45, 7) is 0.982. The first kappa shape index (κ1) is 27.4. The number of carbonyl (C=O) groups is 1. The van der Waals surface area contributed by atoms with Crippen molar-refractivity contribution in [2.45, 2.75) is 23.8 Å². The molecule has 2 aromatic carbocycles. The largest absolute Gasteiger partial charge is 0.369 e. The summed E-state index contributed by atoms with van der Waals surface area (Å²) in [5, 5.41) is 0. The van der Waals surface area contributed by atoms with Crippen LogP contribution in [-0.2, 0) is 21.2 Å². The third kappa shape index (κ3) is 6.36. The van der Waals surface area contributed by atoms with Crippen molar-refractivity contribution in [3.63, 3.8) is 0 Å². The number of pyridine rings is 1. The Morgan fingerprint density at radius 3 is 2.42 bits per heavy atom. The Morgan fingerprint density at radius 2 is 1.73 bits per heavy atom. The minimum atomic E-state index is -3.81. The zero-order valence-corrected chi connectivity index (χ0v) is 22.6. The van der Waals surface area contributed by atoms with Crippen LogP contribution < -0.4 is 10.5 Å². The molecule has 1 aliphatic rings. The molecule has 1 amide bonds. The predicted octanol–water partition coefficient (Wildman–Crippen LogP) is 4.05. The molecule has 1 aliphatic heterocycles. The smallest absolute Gasteiger partial charge is 0.241 e. The number of nitrogens with one attached hydrogen (secondary N) is 2. The number of primary amides is 1. The number of carbonyl (C=O) groups excluding carboxylic acids is 1. The first-order valence-electron chi connectivity index (χ1n) is 12.9. The van der Waals surface area contributed by atoms with Crippen LogP contribution in [-0.4, -0.2) is 48.8 Å². The number of rotatable bonds is 10. The Kier molecular flexibility index (Phi) is 8.20. The number of halogens is 1. The average molecular weight is 560 g/mol. The number of sulfonamides is 1. The molecule has 0 spiro atoms. The van der Waals surface area contributed by atoms with Crippen LogP contribution in [0.1, 0.15) is 29.2 Å². The fraction of sp³-hybridized carbons (Fsp3) is 0.200. The molecule has 0 radical (unpaired) electrons. The first-order valence-corrected chi connectivity index (χ1v) is 14.4. The van der Waals surface area contributed by atoms with Crippen LogP contribution in [0, 0.1) is 5.82 Å². The summed E-state index contributed by atoms with van der Waals surface area (Å²) in [7, 11) is -3.81. The highest BCUT2D eigenvalue weighted by molar-refractivity contribution is 7.89. The molecule has 0 saturated heterocycles. The maximum atomic E-state index is 13.8. The monoisotopic (exact) mass is 559 g/mol. The van der Waals surface area contributed by atoms with Crippen molar-refractivity contribution in [2.75, 3.05) is 19.6 Å². The quantitative estimate of drug-likeness (QED) is 0.271. The molecule has 40 heavy (non-hydrogen) atoms. The summed E-state index contributed by atoms with van der Waals surface area (Å²) in [6, 6.07) is 17.3. The van der Waals surface area contributed by atoms with Gasteiger partial charge < -0.3 is 10.7 Å². The highest BCUT2D eigenvalue weighted by atomic mass is 32.2. The summed E-state index contributed by atoms with van der Waals surface area (Å²) in [5.41, 5.74) is 11.6. The van der Waals surface area contributed by atoms with Gasteiger partial charge in [-0.25, -0.2) is 17.5 Å². The lowest BCUT2D eigenvalue weighted by atomic mass is 9.88. The van der Waals surface area contributed by atoms with Crippen molar-refractivity contribution < 1.29 is 17.6 Å². The second-order valence-corrected chi connectivity index (χ2v) is 11.5. The first-order chi connectivity index (χ1) is 19.3. The average Bonchev–Trinajstić information content (AvgIpc) is 3.46. The summed E-state index contributed by atoms with van der Waals surface area (Å²) < 4.78 is 40.7. The van der Waals surface area contributed by atoms with E-state index in [1.165, 1.54) is 29.8 Å². The molecular weight excluding hydrogens is 529 g/mol. The van der Waals surface area contributed by atoms with E-state index >= 15 is 0 Å². The van der Waals surface area contributed by atoms with Crippen LogP contribution in [0.5, 0.6) is 0 Å². The van der Waals surface area contributed by atoms with E-state index in [4.69, 9.17) is 5.73 Å². The number of nitrogens with two attached hydrogens (primary N) is 1. The molecule has 1 unspecified atom stereocenters. The maximum Gasteiger partial charge on any atom is 0.241 e. The molecule has 2 aromatic heterocycles. The minimum Gasteiger partial charge on any atom is -0.369 e. The molecule has 10 heteroatoms. The van der Waals surface area contributed by atoms with Gasteiger partial charge in [0.15, 0.2) is 0 Å². The van der Waals surface area contributed by atoms with E-state index in [2.05, 4.69) is 25.7 Å². The van der Waals surface area contributed by atoms with Gasteiger partial charge in [-0.05, 0) is 71.5 Å². The Bertz CT molecular complexity index is 1600. The van der Waals surface area contributed by atoms with Gasteiger partial charge in [0.25, 0.3) is 0 Å². The molecule has 5 rings (SSSR count). The lowest BCUT2D eigenvalue weighted by Crippen LogP contribution is -2.34. The van der Waals surface area contributed by atoms with Crippen molar-refractivity contribution in [1.29, 1.82) is 0 Å². The van der Waals surface area contributed by atoms with E-state index in [1.54, 1.807) is 24.5 Å². The molecule has 4 aromatic rings. The van der Waals surface area contributed by atoms with Crippen molar-refractivity contribution in [3.8, 4) is 11.1 Å². The van der Waals surface area contributed by atoms with Crippen molar-refractivity contribution in [2.24, 2.45) is 5.73 Å². The highest BCUT2D eigenvalue weighted by Crippen LogP contribution is 2.39. The maximum absolute atomic E-state index is 13.8. The Hall–Kier alpha value is -4.12. The van der Waals surface area contributed by atoms with Gasteiger partial charge in [-0.15, -0.1) is 0 Å². The van der Waals surface area contributed by atoms with Gasteiger partial charge >= 0.3 is 0 Å². The predicted molar refractivity (Wildman–Crippen MR) is 152 cm³/mol. The molecule has 0 saturated carbocycles. The minimum absolute atomic E-state index is 0.0402. The van der Waals surface area contributed by atoms with E-state index in [0.29, 0.717) is 13.0 Å². The van der Waals surface area contributed by atoms with Gasteiger partial charge in [-0.2, -0.15) is 0 Å². The van der Waals surface area contributed by atoms with E-state index in [1.807, 2.05) is 36.7 Å². The van der Waals surface area contributed by atoms with Crippen LogP contribution in [0.3, 0.4) is 0 Å². The third-order valence-corrected chi connectivity index (χ3v) is 8.54. The SMILES string of the molecule is NC(=O)CNS(=O)(=O)c1ccc(CCN2CC=C(c3c[nH]cc3-c3ccncc3)CC2c2ccc(F)cc2)cc1. The fourth-order valence-corrected chi connectivity index (χ4v) is 6.01. The van der Waals surface area contributed by atoms with Crippen LogP contribution in [0.15, 0.2) is 96.4 Å². The Labute approximate surface area is 232 Å². The Morgan fingerprint density at radius 1 is 1.02 bits per heavy atom. The zero-order chi connectivity index (χ0) is 28.1. The number of aromatic nitrogens is 2. The molecule has 4 N–H and O–H groups in total. The van der Waals surface area contributed by atoms with Gasteiger partial charge in [0.05, 0.1) is 11.4 Å². The van der Waals surface area contributed by atoms with Crippen molar-refractivity contribution in [1.82, 2.24) is 19.6 Å². The number of H-pyrrole nitrogens is 1. The number of benzene rings is 2. The molecule has 206 valence electrons. The van der Waals surface area contributed by atoms with E-state index in [-0.39, 0.29) is 16.8 Å². The molecule has 0 aliphatic carbocycles. The van der Waals surface area contributed by atoms with Crippen molar-refractivity contribution >= 4 is 21.5 Å². The molecule has 0 bridgehead atoms. The fourth-order valence-electron chi connectivity index (χ4n) is 5.01. The highest BCUT2D eigenvalue weighted by Gasteiger charge is 2.27. The Balaban J connectivity index is 1.34. The van der Waals surface area contributed by atoms with E-state index < -0.39 is 22.5 Å². The lowest BCUT2D eigenvalue weighted by Gasteiger charge is -2.36. The molecule has 1 atom stereocenters. The van der Waals surface area contributed by atoms with E-state index in [9.17, 15) is 17.6 Å². The number of hydrogen-bond donors (Lipinski definition) is 3. The number of aromatic amines is 1. The second-order valence-electron chi connectivity index (χ2n) is 9.70. The number of nitrogens with zero attached hydrogens (tertiary/aromatic N) is 2. The topological polar surface area (TPSA) is 121 Å². The zero-order valence-electron chi connectivity index (χ0n) is 21.8. The summed E-state index contributed by atoms with van der Waals surface area (Å²) in [5.74, 6) is -1.02. The molecular formula is C30H30FN5O3S. The summed E-state index contributed by atoms with van der Waals surface area (Å²) in [4.78, 5) is 20.8. The number of amides is 1. The molecule has 3 heterocycles.